The fourth-order valence-corrected chi connectivity index (χ4v) is 5.30. The number of thiophene rings is 1. The van der Waals surface area contributed by atoms with E-state index in [2.05, 4.69) is 10.6 Å². The molecule has 10 heteroatoms. The van der Waals surface area contributed by atoms with Gasteiger partial charge in [-0.05, 0) is 49.4 Å². The van der Waals surface area contributed by atoms with Crippen molar-refractivity contribution >= 4 is 38.9 Å². The Morgan fingerprint density at radius 3 is 2.62 bits per heavy atom. The van der Waals surface area contributed by atoms with Gasteiger partial charge in [-0.2, -0.15) is 4.31 Å². The SMILES string of the molecule is CCOc1ccc(NC(=O)CNC(=O)c2cccs2)cc1S(=O)(=O)N1CCCC1. The van der Waals surface area contributed by atoms with Gasteiger partial charge in [0, 0.05) is 18.8 Å². The van der Waals surface area contributed by atoms with Crippen LogP contribution in [-0.2, 0) is 14.8 Å². The fraction of sp³-hybridized carbons (Fsp3) is 0.368. The van der Waals surface area contributed by atoms with Gasteiger partial charge in [-0.3, -0.25) is 9.59 Å². The van der Waals surface area contributed by atoms with Crippen LogP contribution >= 0.6 is 11.3 Å². The number of nitrogens with zero attached hydrogens (tertiary/aromatic N) is 1. The topological polar surface area (TPSA) is 105 Å². The number of carbonyl (C=O) groups excluding carboxylic acids is 2. The van der Waals surface area contributed by atoms with E-state index in [1.165, 1.54) is 27.8 Å². The standard InChI is InChI=1S/C19H23N3O5S2/c1-2-27-15-8-7-14(12-17(15)29(25,26)22-9-3-4-10-22)21-18(23)13-20-19(24)16-6-5-11-28-16/h5-8,11-12H,2-4,9-10,13H2,1H3,(H,20,24)(H,21,23). The third-order valence-electron chi connectivity index (χ3n) is 4.36. The summed E-state index contributed by atoms with van der Waals surface area (Å²) in [5, 5.41) is 6.94. The van der Waals surface area contributed by atoms with Gasteiger partial charge in [-0.1, -0.05) is 6.07 Å². The van der Waals surface area contributed by atoms with Crippen molar-refractivity contribution < 1.29 is 22.7 Å². The molecule has 8 nitrogen and oxygen atoms in total. The van der Waals surface area contributed by atoms with Gasteiger partial charge in [0.15, 0.2) is 0 Å². The second-order valence-corrected chi connectivity index (χ2v) is 9.27. The molecule has 1 fully saturated rings. The van der Waals surface area contributed by atoms with Gasteiger partial charge in [0.05, 0.1) is 18.0 Å². The molecule has 2 amide bonds. The van der Waals surface area contributed by atoms with Gasteiger partial charge in [-0.15, -0.1) is 11.3 Å². The molecule has 156 valence electrons. The summed E-state index contributed by atoms with van der Waals surface area (Å²) in [5.74, 6) is -0.536. The minimum atomic E-state index is -3.72. The van der Waals surface area contributed by atoms with Crippen LogP contribution in [-0.4, -0.2) is 50.8 Å². The molecule has 2 N–H and O–H groups in total. The number of amides is 2. The van der Waals surface area contributed by atoms with Crippen LogP contribution in [0.1, 0.15) is 29.4 Å². The summed E-state index contributed by atoms with van der Waals surface area (Å²) in [5.41, 5.74) is 0.321. The molecule has 2 aromatic rings. The zero-order valence-corrected chi connectivity index (χ0v) is 17.6. The summed E-state index contributed by atoms with van der Waals surface area (Å²) < 4.78 is 32.9. The first-order valence-electron chi connectivity index (χ1n) is 9.30. The zero-order valence-electron chi connectivity index (χ0n) is 16.0. The van der Waals surface area contributed by atoms with Crippen molar-refractivity contribution in [1.29, 1.82) is 0 Å². The number of hydrogen-bond donors (Lipinski definition) is 2. The third-order valence-corrected chi connectivity index (χ3v) is 7.15. The van der Waals surface area contributed by atoms with Crippen LogP contribution in [0.25, 0.3) is 0 Å². The van der Waals surface area contributed by atoms with Crippen LogP contribution in [0.3, 0.4) is 0 Å². The molecule has 0 bridgehead atoms. The lowest BCUT2D eigenvalue weighted by atomic mass is 10.3. The van der Waals surface area contributed by atoms with E-state index < -0.39 is 15.9 Å². The highest BCUT2D eigenvalue weighted by atomic mass is 32.2. The molecule has 2 heterocycles. The Morgan fingerprint density at radius 2 is 1.97 bits per heavy atom. The number of rotatable bonds is 8. The predicted octanol–water partition coefficient (Wildman–Crippen LogP) is 2.30. The van der Waals surface area contributed by atoms with Crippen molar-refractivity contribution in [1.82, 2.24) is 9.62 Å². The number of ether oxygens (including phenoxy) is 1. The second-order valence-electron chi connectivity index (χ2n) is 6.41. The molecule has 1 aromatic heterocycles. The lowest BCUT2D eigenvalue weighted by molar-refractivity contribution is -0.115. The smallest absolute Gasteiger partial charge is 0.261 e. The predicted molar refractivity (Wildman–Crippen MR) is 111 cm³/mol. The number of sulfonamides is 1. The number of anilines is 1. The van der Waals surface area contributed by atoms with Gasteiger partial charge >= 0.3 is 0 Å². The summed E-state index contributed by atoms with van der Waals surface area (Å²) in [6, 6.07) is 7.93. The zero-order chi connectivity index (χ0) is 20.9. The minimum absolute atomic E-state index is 0.0293. The summed E-state index contributed by atoms with van der Waals surface area (Å²) in [7, 11) is -3.72. The van der Waals surface area contributed by atoms with E-state index in [0.29, 0.717) is 30.3 Å². The average molecular weight is 438 g/mol. The summed E-state index contributed by atoms with van der Waals surface area (Å²) in [6.07, 6.45) is 1.65. The van der Waals surface area contributed by atoms with Crippen LogP contribution in [0.4, 0.5) is 5.69 Å². The highest BCUT2D eigenvalue weighted by Gasteiger charge is 2.30. The van der Waals surface area contributed by atoms with Crippen LogP contribution in [0.15, 0.2) is 40.6 Å². The van der Waals surface area contributed by atoms with Gasteiger partial charge < -0.3 is 15.4 Å². The second kappa shape index (κ2) is 9.38. The summed E-state index contributed by atoms with van der Waals surface area (Å²) in [6.45, 7) is 2.82. The van der Waals surface area contributed by atoms with E-state index in [0.717, 1.165) is 12.8 Å². The minimum Gasteiger partial charge on any atom is -0.492 e. The van der Waals surface area contributed by atoms with E-state index >= 15 is 0 Å². The summed E-state index contributed by atoms with van der Waals surface area (Å²) in [4.78, 5) is 24.7. The molecule has 0 radical (unpaired) electrons. The molecule has 1 aromatic carbocycles. The van der Waals surface area contributed by atoms with E-state index in [9.17, 15) is 18.0 Å². The molecule has 0 aliphatic carbocycles. The first-order chi connectivity index (χ1) is 13.9. The number of carbonyl (C=O) groups is 2. The monoisotopic (exact) mass is 437 g/mol. The van der Waals surface area contributed by atoms with Gasteiger partial charge in [0.25, 0.3) is 5.91 Å². The Morgan fingerprint density at radius 1 is 1.21 bits per heavy atom. The maximum absolute atomic E-state index is 13.0. The molecule has 3 rings (SSSR count). The Kier molecular flexibility index (Phi) is 6.88. The van der Waals surface area contributed by atoms with E-state index in [-0.39, 0.29) is 23.1 Å². The highest BCUT2D eigenvalue weighted by Crippen LogP contribution is 2.31. The average Bonchev–Trinajstić information content (AvgIpc) is 3.41. The molecule has 0 unspecified atom stereocenters. The molecule has 0 spiro atoms. The molecule has 29 heavy (non-hydrogen) atoms. The van der Waals surface area contributed by atoms with Crippen LogP contribution in [0.2, 0.25) is 0 Å². The lowest BCUT2D eigenvalue weighted by Gasteiger charge is -2.19. The molecule has 0 atom stereocenters. The maximum Gasteiger partial charge on any atom is 0.261 e. The van der Waals surface area contributed by atoms with Crippen molar-refractivity contribution in [3.63, 3.8) is 0 Å². The number of nitrogens with one attached hydrogen (secondary N) is 2. The van der Waals surface area contributed by atoms with Gasteiger partial charge in [0.1, 0.15) is 10.6 Å². The largest absolute Gasteiger partial charge is 0.492 e. The molecular formula is C19H23N3O5S2. The van der Waals surface area contributed by atoms with E-state index in [1.54, 1.807) is 30.5 Å². The van der Waals surface area contributed by atoms with E-state index in [4.69, 9.17) is 4.74 Å². The maximum atomic E-state index is 13.0. The van der Waals surface area contributed by atoms with Crippen molar-refractivity contribution in [2.24, 2.45) is 0 Å². The molecule has 1 aliphatic rings. The van der Waals surface area contributed by atoms with Crippen molar-refractivity contribution in [3.8, 4) is 5.75 Å². The first kappa shape index (κ1) is 21.3. The molecule has 0 saturated carbocycles. The van der Waals surface area contributed by atoms with Crippen LogP contribution < -0.4 is 15.4 Å². The quantitative estimate of drug-likeness (QED) is 0.659. The molecular weight excluding hydrogens is 414 g/mol. The number of hydrogen-bond acceptors (Lipinski definition) is 6. The Balaban J connectivity index is 1.72. The Bertz CT molecular complexity index is 968. The first-order valence-corrected chi connectivity index (χ1v) is 11.6. The van der Waals surface area contributed by atoms with Crippen molar-refractivity contribution in [2.75, 3.05) is 31.6 Å². The number of benzene rings is 1. The molecule has 1 aliphatic heterocycles. The van der Waals surface area contributed by atoms with Crippen molar-refractivity contribution in [3.05, 3.63) is 40.6 Å². The fourth-order valence-electron chi connectivity index (χ4n) is 2.99. The Labute approximate surface area is 173 Å². The Hall–Kier alpha value is -2.43. The normalized spacial score (nSPS) is 14.5. The lowest BCUT2D eigenvalue weighted by Crippen LogP contribution is -2.32. The van der Waals surface area contributed by atoms with Gasteiger partial charge in [0.2, 0.25) is 15.9 Å². The summed E-state index contributed by atoms with van der Waals surface area (Å²) >= 11 is 1.28. The van der Waals surface area contributed by atoms with Crippen molar-refractivity contribution in [2.45, 2.75) is 24.7 Å². The molecule has 1 saturated heterocycles. The highest BCUT2D eigenvalue weighted by molar-refractivity contribution is 7.89. The third kappa shape index (κ3) is 5.14. The van der Waals surface area contributed by atoms with Gasteiger partial charge in [-0.25, -0.2) is 8.42 Å². The van der Waals surface area contributed by atoms with E-state index in [1.807, 2.05) is 0 Å². The van der Waals surface area contributed by atoms with Crippen LogP contribution in [0.5, 0.6) is 5.75 Å². The van der Waals surface area contributed by atoms with Crippen LogP contribution in [0, 0.1) is 0 Å².